The molecule has 0 radical (unpaired) electrons. The van der Waals surface area contributed by atoms with Crippen LogP contribution in [0.5, 0.6) is 0 Å². The van der Waals surface area contributed by atoms with Gasteiger partial charge in [-0.15, -0.1) is 0 Å². The Balaban J connectivity index is 1.22. The summed E-state index contributed by atoms with van der Waals surface area (Å²) < 4.78 is 0. The lowest BCUT2D eigenvalue weighted by molar-refractivity contribution is 0.568. The van der Waals surface area contributed by atoms with Crippen LogP contribution in [-0.4, -0.2) is 6.71 Å². The summed E-state index contributed by atoms with van der Waals surface area (Å²) >= 11 is 0. The molecule has 2 nitrogen and oxygen atoms in total. The second-order valence-electron chi connectivity index (χ2n) is 26.4. The number of benzene rings is 11. The topological polar surface area (TPSA) is 6.48 Å². The van der Waals surface area contributed by atoms with Crippen molar-refractivity contribution >= 4 is 100 Å². The largest absolute Gasteiger partial charge is 0.311 e. The van der Waals surface area contributed by atoms with Crippen LogP contribution in [0, 0.1) is 0 Å². The summed E-state index contributed by atoms with van der Waals surface area (Å²) in [7, 11) is 0. The number of anilines is 6. The van der Waals surface area contributed by atoms with Gasteiger partial charge in [-0.25, -0.2) is 0 Å². The van der Waals surface area contributed by atoms with Crippen molar-refractivity contribution in [3.63, 3.8) is 0 Å². The van der Waals surface area contributed by atoms with Gasteiger partial charge in [0.2, 0.25) is 0 Å². The van der Waals surface area contributed by atoms with Crippen LogP contribution in [0.3, 0.4) is 0 Å². The van der Waals surface area contributed by atoms with E-state index in [4.69, 9.17) is 0 Å². The summed E-state index contributed by atoms with van der Waals surface area (Å²) in [6.45, 7) is 28.3. The molecule has 0 saturated heterocycles. The monoisotopic (exact) mass is 997 g/mol. The minimum absolute atomic E-state index is 0.0838. The molecule has 0 fully saturated rings. The van der Waals surface area contributed by atoms with E-state index in [1.807, 2.05) is 0 Å². The standard InChI is InChI=1S/C74H69BN2/c1-71(2,3)56-40-57(72(4,5)6)43-60(42-56)76-66-38-55(48-28-26-47(27-29-48)46-20-14-13-15-21-46)39-67-68(66)75(64-32-30-53-34-49-22-16-18-24-51(49)36-62(53)69(64)76)65-33-31-54-35-50-23-17-19-25-52(50)37-63(54)70(65)77(67)61-44-58(73(7,8)9)41-59(45-61)74(10,11)12/h13-45H,1-12H3. The Morgan fingerprint density at radius 3 is 1.00 bits per heavy atom. The van der Waals surface area contributed by atoms with E-state index in [0.717, 1.165) is 0 Å². The van der Waals surface area contributed by atoms with E-state index in [0.29, 0.717) is 0 Å². The van der Waals surface area contributed by atoms with Gasteiger partial charge < -0.3 is 9.80 Å². The molecule has 0 aromatic heterocycles. The Kier molecular flexibility index (Phi) is 11.0. The molecule has 378 valence electrons. The highest BCUT2D eigenvalue weighted by Crippen LogP contribution is 2.51. The molecule has 3 heteroatoms. The van der Waals surface area contributed by atoms with Gasteiger partial charge in [0.05, 0.1) is 0 Å². The second kappa shape index (κ2) is 17.3. The maximum Gasteiger partial charge on any atom is 0.252 e. The molecular formula is C74H69BN2. The van der Waals surface area contributed by atoms with Crippen molar-refractivity contribution in [3.05, 3.63) is 222 Å². The van der Waals surface area contributed by atoms with Crippen LogP contribution in [-0.2, 0) is 21.7 Å². The quantitative estimate of drug-likeness (QED) is 0.128. The van der Waals surface area contributed by atoms with E-state index in [2.05, 4.69) is 293 Å². The third kappa shape index (κ3) is 8.24. The van der Waals surface area contributed by atoms with Gasteiger partial charge in [-0.3, -0.25) is 0 Å². The van der Waals surface area contributed by atoms with Crippen LogP contribution in [0.25, 0.3) is 65.3 Å². The number of hydrogen-bond donors (Lipinski definition) is 0. The van der Waals surface area contributed by atoms with E-state index in [1.165, 1.54) is 138 Å². The summed E-state index contributed by atoms with van der Waals surface area (Å²) in [4.78, 5) is 5.38. The summed E-state index contributed by atoms with van der Waals surface area (Å²) in [5.74, 6) is 0. The van der Waals surface area contributed by atoms with Crippen LogP contribution >= 0.6 is 0 Å². The number of rotatable bonds is 4. The van der Waals surface area contributed by atoms with Gasteiger partial charge in [0.15, 0.2) is 0 Å². The van der Waals surface area contributed by atoms with Gasteiger partial charge in [0, 0.05) is 44.9 Å². The highest BCUT2D eigenvalue weighted by molar-refractivity contribution is 7.00. The van der Waals surface area contributed by atoms with Crippen LogP contribution < -0.4 is 26.2 Å². The fourth-order valence-corrected chi connectivity index (χ4v) is 12.4. The molecule has 77 heavy (non-hydrogen) atoms. The molecule has 11 aromatic carbocycles. The van der Waals surface area contributed by atoms with Gasteiger partial charge in [0.1, 0.15) is 0 Å². The summed E-state index contributed by atoms with van der Waals surface area (Å²) in [6.07, 6.45) is 0. The minimum Gasteiger partial charge on any atom is -0.311 e. The molecule has 0 atom stereocenters. The lowest BCUT2D eigenvalue weighted by Crippen LogP contribution is -2.61. The van der Waals surface area contributed by atoms with Crippen molar-refractivity contribution in [2.24, 2.45) is 0 Å². The molecule has 0 saturated carbocycles. The lowest BCUT2D eigenvalue weighted by Gasteiger charge is -2.46. The maximum absolute atomic E-state index is 2.69. The number of fused-ring (bicyclic) bond motifs is 10. The molecule has 2 aliphatic heterocycles. The number of nitrogens with zero attached hydrogens (tertiary/aromatic N) is 2. The van der Waals surface area contributed by atoms with Crippen molar-refractivity contribution in [1.29, 1.82) is 0 Å². The van der Waals surface area contributed by atoms with Gasteiger partial charge in [-0.2, -0.15) is 0 Å². The average molecular weight is 997 g/mol. The fourth-order valence-electron chi connectivity index (χ4n) is 12.4. The summed E-state index contributed by atoms with van der Waals surface area (Å²) in [6, 6.07) is 77.4. The molecule has 2 heterocycles. The Morgan fingerprint density at radius 2 is 0.623 bits per heavy atom. The van der Waals surface area contributed by atoms with Crippen molar-refractivity contribution in [2.75, 3.05) is 9.80 Å². The van der Waals surface area contributed by atoms with Gasteiger partial charge >= 0.3 is 0 Å². The first-order valence-corrected chi connectivity index (χ1v) is 27.8. The average Bonchev–Trinajstić information content (AvgIpc) is 3.35. The first kappa shape index (κ1) is 48.7. The van der Waals surface area contributed by atoms with E-state index in [9.17, 15) is 0 Å². The molecule has 0 N–H and O–H groups in total. The maximum atomic E-state index is 2.69. The van der Waals surface area contributed by atoms with Gasteiger partial charge in [-0.05, 0) is 176 Å². The third-order valence-electron chi connectivity index (χ3n) is 16.9. The Hall–Kier alpha value is -7.88. The van der Waals surface area contributed by atoms with Crippen molar-refractivity contribution in [2.45, 2.75) is 105 Å². The van der Waals surface area contributed by atoms with Crippen molar-refractivity contribution < 1.29 is 0 Å². The van der Waals surface area contributed by atoms with E-state index in [-0.39, 0.29) is 28.4 Å². The second-order valence-corrected chi connectivity index (χ2v) is 26.4. The zero-order valence-corrected chi connectivity index (χ0v) is 47.0. The van der Waals surface area contributed by atoms with E-state index >= 15 is 0 Å². The van der Waals surface area contributed by atoms with E-state index < -0.39 is 0 Å². The minimum atomic E-state index is -0.0995. The lowest BCUT2D eigenvalue weighted by atomic mass is 9.33. The predicted octanol–water partition coefficient (Wildman–Crippen LogP) is 18.9. The fraction of sp³-hybridized carbons (Fsp3) is 0.216. The van der Waals surface area contributed by atoms with Crippen LogP contribution in [0.1, 0.15) is 105 Å². The zero-order valence-electron chi connectivity index (χ0n) is 47.0. The predicted molar refractivity (Wildman–Crippen MR) is 336 cm³/mol. The Morgan fingerprint density at radius 1 is 0.286 bits per heavy atom. The molecule has 13 rings (SSSR count). The summed E-state index contributed by atoms with van der Waals surface area (Å²) in [5.41, 5.74) is 21.0. The molecular weight excluding hydrogens is 928 g/mol. The van der Waals surface area contributed by atoms with Crippen molar-refractivity contribution in [1.82, 2.24) is 0 Å². The molecule has 0 spiro atoms. The van der Waals surface area contributed by atoms with E-state index in [1.54, 1.807) is 0 Å². The smallest absolute Gasteiger partial charge is 0.252 e. The summed E-state index contributed by atoms with van der Waals surface area (Å²) in [5, 5.41) is 9.98. The number of hydrogen-bond acceptors (Lipinski definition) is 2. The molecule has 0 bridgehead atoms. The Labute approximate surface area is 457 Å². The van der Waals surface area contributed by atoms with Gasteiger partial charge in [-0.1, -0.05) is 223 Å². The highest BCUT2D eigenvalue weighted by Gasteiger charge is 2.45. The normalized spacial score (nSPS) is 13.6. The highest BCUT2D eigenvalue weighted by atomic mass is 15.2. The molecule has 2 aliphatic rings. The molecule has 0 amide bonds. The molecule has 0 aliphatic carbocycles. The Bertz CT molecular complexity index is 3900. The van der Waals surface area contributed by atoms with Crippen LogP contribution in [0.2, 0.25) is 0 Å². The van der Waals surface area contributed by atoms with Gasteiger partial charge in [0.25, 0.3) is 6.71 Å². The zero-order chi connectivity index (χ0) is 53.5. The SMILES string of the molecule is CC(C)(C)c1cc(N2c3cc(-c4ccc(-c5ccccc5)cc4)cc4c3B(c3ccc5cc6ccccc6cc5c32)c2ccc3cc5ccccc5cc3c2N4c2cc(C(C)(C)C)cc(C(C)(C)C)c2)cc(C(C)(C)C)c1. The first-order chi connectivity index (χ1) is 36.7. The molecule has 0 unspecified atom stereocenters. The van der Waals surface area contributed by atoms with Crippen LogP contribution in [0.4, 0.5) is 34.1 Å². The van der Waals surface area contributed by atoms with Crippen LogP contribution in [0.15, 0.2) is 200 Å². The molecule has 11 aromatic rings. The third-order valence-corrected chi connectivity index (χ3v) is 16.9. The van der Waals surface area contributed by atoms with Crippen molar-refractivity contribution in [3.8, 4) is 22.3 Å². The first-order valence-electron chi connectivity index (χ1n) is 27.8.